The highest BCUT2D eigenvalue weighted by atomic mass is 32.1. The van der Waals surface area contributed by atoms with Crippen LogP contribution in [0.15, 0.2) is 66.0 Å². The molecule has 0 fully saturated rings. The molecule has 1 aromatic heterocycles. The third-order valence-electron chi connectivity index (χ3n) is 3.43. The molecule has 2 aromatic carbocycles. The van der Waals surface area contributed by atoms with E-state index in [4.69, 9.17) is 0 Å². The standard InChI is InChI=1S/C19H16N2O2S/c1-13-4-2-5-14(12-13)18(22)20-15-7-9-16(10-8-15)21-19(23)17-6-3-11-24-17/h2-12H,1H3,(H,20,22)(H,21,23). The number of amides is 2. The summed E-state index contributed by atoms with van der Waals surface area (Å²) in [6, 6.07) is 18.1. The van der Waals surface area contributed by atoms with E-state index < -0.39 is 0 Å². The molecule has 120 valence electrons. The minimum atomic E-state index is -0.158. The smallest absolute Gasteiger partial charge is 0.265 e. The first-order valence-electron chi connectivity index (χ1n) is 7.45. The number of thiophene rings is 1. The van der Waals surface area contributed by atoms with E-state index in [2.05, 4.69) is 10.6 Å². The highest BCUT2D eigenvalue weighted by Gasteiger charge is 2.08. The maximum Gasteiger partial charge on any atom is 0.265 e. The Morgan fingerprint density at radius 1 is 0.833 bits per heavy atom. The van der Waals surface area contributed by atoms with Gasteiger partial charge in [-0.3, -0.25) is 9.59 Å². The van der Waals surface area contributed by atoms with E-state index in [-0.39, 0.29) is 11.8 Å². The van der Waals surface area contributed by atoms with Gasteiger partial charge in [0.05, 0.1) is 4.88 Å². The number of rotatable bonds is 4. The Bertz CT molecular complexity index is 855. The molecule has 24 heavy (non-hydrogen) atoms. The summed E-state index contributed by atoms with van der Waals surface area (Å²) in [5.41, 5.74) is 3.01. The second-order valence-corrected chi connectivity index (χ2v) is 6.28. The molecule has 3 rings (SSSR count). The van der Waals surface area contributed by atoms with E-state index in [1.165, 1.54) is 11.3 Å². The highest BCUT2D eigenvalue weighted by Crippen LogP contribution is 2.17. The maximum atomic E-state index is 12.2. The average molecular weight is 336 g/mol. The molecule has 3 aromatic rings. The summed E-state index contributed by atoms with van der Waals surface area (Å²) in [5.74, 6) is -0.296. The Hall–Kier alpha value is -2.92. The van der Waals surface area contributed by atoms with Gasteiger partial charge >= 0.3 is 0 Å². The van der Waals surface area contributed by atoms with Crippen LogP contribution in [0.1, 0.15) is 25.6 Å². The van der Waals surface area contributed by atoms with Crippen LogP contribution < -0.4 is 10.6 Å². The lowest BCUT2D eigenvalue weighted by atomic mass is 10.1. The molecule has 5 heteroatoms. The number of benzene rings is 2. The Morgan fingerprint density at radius 2 is 1.50 bits per heavy atom. The van der Waals surface area contributed by atoms with Gasteiger partial charge in [0.2, 0.25) is 0 Å². The second kappa shape index (κ2) is 7.10. The van der Waals surface area contributed by atoms with Crippen molar-refractivity contribution in [3.8, 4) is 0 Å². The minimum Gasteiger partial charge on any atom is -0.322 e. The molecule has 0 saturated carbocycles. The predicted octanol–water partition coefficient (Wildman–Crippen LogP) is 4.56. The number of aryl methyl sites for hydroxylation is 1. The van der Waals surface area contributed by atoms with Crippen molar-refractivity contribution in [1.82, 2.24) is 0 Å². The van der Waals surface area contributed by atoms with E-state index in [1.54, 1.807) is 36.4 Å². The summed E-state index contributed by atoms with van der Waals surface area (Å²) < 4.78 is 0. The van der Waals surface area contributed by atoms with Crippen molar-refractivity contribution >= 4 is 34.5 Å². The molecule has 0 aliphatic carbocycles. The van der Waals surface area contributed by atoms with Gasteiger partial charge < -0.3 is 10.6 Å². The first kappa shape index (κ1) is 16.0. The van der Waals surface area contributed by atoms with E-state index >= 15 is 0 Å². The normalized spacial score (nSPS) is 10.2. The second-order valence-electron chi connectivity index (χ2n) is 5.33. The van der Waals surface area contributed by atoms with Gasteiger partial charge in [-0.05, 0) is 54.8 Å². The van der Waals surface area contributed by atoms with E-state index in [0.717, 1.165) is 5.56 Å². The number of carbonyl (C=O) groups is 2. The van der Waals surface area contributed by atoms with Gasteiger partial charge in [0, 0.05) is 16.9 Å². The van der Waals surface area contributed by atoms with Gasteiger partial charge in [-0.2, -0.15) is 0 Å². The molecule has 0 spiro atoms. The molecule has 4 nitrogen and oxygen atoms in total. The van der Waals surface area contributed by atoms with Crippen LogP contribution in [-0.2, 0) is 0 Å². The Balaban J connectivity index is 1.64. The van der Waals surface area contributed by atoms with Crippen LogP contribution in [0, 0.1) is 6.92 Å². The molecular formula is C19H16N2O2S. The van der Waals surface area contributed by atoms with Crippen LogP contribution >= 0.6 is 11.3 Å². The number of hydrogen-bond donors (Lipinski definition) is 2. The molecule has 0 aliphatic rings. The van der Waals surface area contributed by atoms with Crippen molar-refractivity contribution in [2.24, 2.45) is 0 Å². The maximum absolute atomic E-state index is 12.2. The third-order valence-corrected chi connectivity index (χ3v) is 4.29. The zero-order chi connectivity index (χ0) is 16.9. The number of carbonyl (C=O) groups excluding carboxylic acids is 2. The molecule has 1 heterocycles. The molecule has 2 amide bonds. The Labute approximate surface area is 144 Å². The van der Waals surface area contributed by atoms with E-state index in [1.807, 2.05) is 36.6 Å². The largest absolute Gasteiger partial charge is 0.322 e. The van der Waals surface area contributed by atoms with Gasteiger partial charge in [0.15, 0.2) is 0 Å². The number of nitrogens with one attached hydrogen (secondary N) is 2. The predicted molar refractivity (Wildman–Crippen MR) is 97.8 cm³/mol. The topological polar surface area (TPSA) is 58.2 Å². The quantitative estimate of drug-likeness (QED) is 0.734. The van der Waals surface area contributed by atoms with E-state index in [0.29, 0.717) is 21.8 Å². The molecule has 0 radical (unpaired) electrons. The number of anilines is 2. The molecule has 0 saturated heterocycles. The Morgan fingerprint density at radius 3 is 2.08 bits per heavy atom. The molecular weight excluding hydrogens is 320 g/mol. The van der Waals surface area contributed by atoms with Crippen LogP contribution in [0.3, 0.4) is 0 Å². The molecule has 0 atom stereocenters. The fraction of sp³-hybridized carbons (Fsp3) is 0.0526. The zero-order valence-electron chi connectivity index (χ0n) is 13.1. The van der Waals surface area contributed by atoms with Crippen molar-refractivity contribution < 1.29 is 9.59 Å². The van der Waals surface area contributed by atoms with E-state index in [9.17, 15) is 9.59 Å². The minimum absolute atomic E-state index is 0.137. The van der Waals surface area contributed by atoms with Crippen LogP contribution in [0.2, 0.25) is 0 Å². The molecule has 2 N–H and O–H groups in total. The van der Waals surface area contributed by atoms with Crippen LogP contribution in [0.4, 0.5) is 11.4 Å². The molecule has 0 bridgehead atoms. The molecule has 0 unspecified atom stereocenters. The first-order chi connectivity index (χ1) is 11.6. The highest BCUT2D eigenvalue weighted by molar-refractivity contribution is 7.12. The summed E-state index contributed by atoms with van der Waals surface area (Å²) in [6.45, 7) is 1.95. The van der Waals surface area contributed by atoms with Crippen molar-refractivity contribution in [1.29, 1.82) is 0 Å². The fourth-order valence-corrected chi connectivity index (χ4v) is 2.85. The van der Waals surface area contributed by atoms with Crippen LogP contribution in [0.25, 0.3) is 0 Å². The van der Waals surface area contributed by atoms with Gasteiger partial charge in [0.1, 0.15) is 0 Å². The van der Waals surface area contributed by atoms with Crippen molar-refractivity contribution in [3.63, 3.8) is 0 Å². The summed E-state index contributed by atoms with van der Waals surface area (Å²) in [4.78, 5) is 24.8. The van der Waals surface area contributed by atoms with Crippen LogP contribution in [0.5, 0.6) is 0 Å². The van der Waals surface area contributed by atoms with Gasteiger partial charge in [0.25, 0.3) is 11.8 Å². The van der Waals surface area contributed by atoms with Crippen molar-refractivity contribution in [3.05, 3.63) is 82.0 Å². The third kappa shape index (κ3) is 3.88. The zero-order valence-corrected chi connectivity index (χ0v) is 13.9. The average Bonchev–Trinajstić information content (AvgIpc) is 3.11. The summed E-state index contributed by atoms with van der Waals surface area (Å²) in [6.07, 6.45) is 0. The van der Waals surface area contributed by atoms with Gasteiger partial charge in [-0.1, -0.05) is 23.8 Å². The lowest BCUT2D eigenvalue weighted by Crippen LogP contribution is -2.12. The lowest BCUT2D eigenvalue weighted by molar-refractivity contribution is 0.102. The first-order valence-corrected chi connectivity index (χ1v) is 8.33. The molecule has 0 aliphatic heterocycles. The number of hydrogen-bond acceptors (Lipinski definition) is 3. The van der Waals surface area contributed by atoms with Crippen LogP contribution in [-0.4, -0.2) is 11.8 Å². The van der Waals surface area contributed by atoms with Crippen molar-refractivity contribution in [2.45, 2.75) is 6.92 Å². The van der Waals surface area contributed by atoms with Gasteiger partial charge in [-0.15, -0.1) is 11.3 Å². The SMILES string of the molecule is Cc1cccc(C(=O)Nc2ccc(NC(=O)c3cccs3)cc2)c1. The van der Waals surface area contributed by atoms with Gasteiger partial charge in [-0.25, -0.2) is 0 Å². The summed E-state index contributed by atoms with van der Waals surface area (Å²) in [7, 11) is 0. The monoisotopic (exact) mass is 336 g/mol. The van der Waals surface area contributed by atoms with Crippen molar-refractivity contribution in [2.75, 3.05) is 10.6 Å². The Kier molecular flexibility index (Phi) is 4.72. The summed E-state index contributed by atoms with van der Waals surface area (Å²) >= 11 is 1.39. The summed E-state index contributed by atoms with van der Waals surface area (Å²) in [5, 5.41) is 7.53. The lowest BCUT2D eigenvalue weighted by Gasteiger charge is -2.08. The fourth-order valence-electron chi connectivity index (χ4n) is 2.23.